The SMILES string of the molecule is CCN(CC)CCCNCc1cc(Br)cc2c1OCC2. The van der Waals surface area contributed by atoms with E-state index in [0.29, 0.717) is 0 Å². The predicted octanol–water partition coefficient (Wildman–Crippen LogP) is 3.21. The smallest absolute Gasteiger partial charge is 0.127 e. The molecule has 0 unspecified atom stereocenters. The van der Waals surface area contributed by atoms with Crippen LogP contribution in [0.2, 0.25) is 0 Å². The molecule has 4 heteroatoms. The van der Waals surface area contributed by atoms with Crippen LogP contribution in [0.15, 0.2) is 16.6 Å². The average Bonchev–Trinajstić information content (AvgIpc) is 2.90. The van der Waals surface area contributed by atoms with Crippen LogP contribution >= 0.6 is 15.9 Å². The molecule has 20 heavy (non-hydrogen) atoms. The molecule has 0 atom stereocenters. The fraction of sp³-hybridized carbons (Fsp3) is 0.625. The summed E-state index contributed by atoms with van der Waals surface area (Å²) in [6.07, 6.45) is 2.22. The van der Waals surface area contributed by atoms with Gasteiger partial charge in [0, 0.05) is 23.0 Å². The Morgan fingerprint density at radius 1 is 1.30 bits per heavy atom. The highest BCUT2D eigenvalue weighted by Gasteiger charge is 2.16. The predicted molar refractivity (Wildman–Crippen MR) is 87.5 cm³/mol. The largest absolute Gasteiger partial charge is 0.493 e. The number of rotatable bonds is 8. The Morgan fingerprint density at radius 2 is 2.10 bits per heavy atom. The van der Waals surface area contributed by atoms with Crippen LogP contribution in [0, 0.1) is 0 Å². The highest BCUT2D eigenvalue weighted by molar-refractivity contribution is 9.10. The molecule has 0 aliphatic carbocycles. The lowest BCUT2D eigenvalue weighted by atomic mass is 10.1. The topological polar surface area (TPSA) is 24.5 Å². The summed E-state index contributed by atoms with van der Waals surface area (Å²) in [5, 5.41) is 3.53. The quantitative estimate of drug-likeness (QED) is 0.735. The van der Waals surface area contributed by atoms with E-state index in [1.54, 1.807) is 0 Å². The van der Waals surface area contributed by atoms with E-state index >= 15 is 0 Å². The summed E-state index contributed by atoms with van der Waals surface area (Å²) in [7, 11) is 0. The first kappa shape index (κ1) is 15.8. The normalized spacial score (nSPS) is 13.6. The Labute approximate surface area is 130 Å². The number of hydrogen-bond donors (Lipinski definition) is 1. The fourth-order valence-electron chi connectivity index (χ4n) is 2.67. The number of ether oxygens (including phenoxy) is 1. The minimum absolute atomic E-state index is 0.820. The second kappa shape index (κ2) is 8.01. The van der Waals surface area contributed by atoms with Crippen LogP contribution in [0.4, 0.5) is 0 Å². The molecule has 0 amide bonds. The summed E-state index contributed by atoms with van der Waals surface area (Å²) < 4.78 is 6.90. The van der Waals surface area contributed by atoms with Crippen LogP contribution in [-0.2, 0) is 13.0 Å². The number of fused-ring (bicyclic) bond motifs is 1. The highest BCUT2D eigenvalue weighted by Crippen LogP contribution is 2.32. The Hall–Kier alpha value is -0.580. The van der Waals surface area contributed by atoms with E-state index < -0.39 is 0 Å². The zero-order chi connectivity index (χ0) is 14.4. The van der Waals surface area contributed by atoms with Crippen LogP contribution < -0.4 is 10.1 Å². The molecule has 0 radical (unpaired) electrons. The second-order valence-electron chi connectivity index (χ2n) is 5.21. The van der Waals surface area contributed by atoms with Gasteiger partial charge in [-0.2, -0.15) is 0 Å². The molecule has 1 N–H and O–H groups in total. The molecule has 2 rings (SSSR count). The Balaban J connectivity index is 1.77. The maximum atomic E-state index is 5.75. The van der Waals surface area contributed by atoms with E-state index in [1.165, 1.54) is 24.1 Å². The van der Waals surface area contributed by atoms with Crippen molar-refractivity contribution in [1.82, 2.24) is 10.2 Å². The van der Waals surface area contributed by atoms with Crippen LogP contribution in [0.1, 0.15) is 31.4 Å². The average molecular weight is 341 g/mol. The van der Waals surface area contributed by atoms with E-state index in [2.05, 4.69) is 52.1 Å². The summed E-state index contributed by atoms with van der Waals surface area (Å²) >= 11 is 3.59. The molecule has 0 aromatic heterocycles. The van der Waals surface area contributed by atoms with Crippen molar-refractivity contribution in [2.75, 3.05) is 32.8 Å². The molecule has 0 fully saturated rings. The molecule has 1 aliphatic heterocycles. The molecule has 0 saturated carbocycles. The number of nitrogens with one attached hydrogen (secondary N) is 1. The van der Waals surface area contributed by atoms with Crippen molar-refractivity contribution < 1.29 is 4.74 Å². The van der Waals surface area contributed by atoms with Crippen molar-refractivity contribution in [3.8, 4) is 5.75 Å². The molecule has 1 aromatic carbocycles. The van der Waals surface area contributed by atoms with Gasteiger partial charge in [-0.15, -0.1) is 0 Å². The van der Waals surface area contributed by atoms with E-state index in [1.807, 2.05) is 0 Å². The fourth-order valence-corrected chi connectivity index (χ4v) is 3.22. The summed E-state index contributed by atoms with van der Waals surface area (Å²) in [4.78, 5) is 2.46. The molecule has 0 spiro atoms. The summed E-state index contributed by atoms with van der Waals surface area (Å²) in [5.74, 6) is 1.10. The first-order valence-electron chi connectivity index (χ1n) is 7.61. The summed E-state index contributed by atoms with van der Waals surface area (Å²) in [6, 6.07) is 4.34. The van der Waals surface area contributed by atoms with E-state index in [9.17, 15) is 0 Å². The van der Waals surface area contributed by atoms with Gasteiger partial charge < -0.3 is 15.0 Å². The van der Waals surface area contributed by atoms with Gasteiger partial charge in [-0.1, -0.05) is 29.8 Å². The summed E-state index contributed by atoms with van der Waals surface area (Å²) in [6.45, 7) is 10.7. The van der Waals surface area contributed by atoms with Gasteiger partial charge in [-0.05, 0) is 50.3 Å². The van der Waals surface area contributed by atoms with Crippen LogP contribution in [-0.4, -0.2) is 37.7 Å². The molecule has 0 saturated heterocycles. The van der Waals surface area contributed by atoms with Crippen molar-refractivity contribution >= 4 is 15.9 Å². The number of benzene rings is 1. The molecule has 112 valence electrons. The number of nitrogens with zero attached hydrogens (tertiary/aromatic N) is 1. The second-order valence-corrected chi connectivity index (χ2v) is 6.12. The molecule has 1 aliphatic rings. The molecule has 1 aromatic rings. The van der Waals surface area contributed by atoms with Crippen molar-refractivity contribution in [2.45, 2.75) is 33.2 Å². The Bertz CT molecular complexity index is 433. The van der Waals surface area contributed by atoms with Gasteiger partial charge in [-0.3, -0.25) is 0 Å². The van der Waals surface area contributed by atoms with Gasteiger partial charge in [0.1, 0.15) is 5.75 Å². The minimum atomic E-state index is 0.820. The highest BCUT2D eigenvalue weighted by atomic mass is 79.9. The standard InChI is InChI=1S/C16H25BrN2O/c1-3-19(4-2)8-5-7-18-12-14-11-15(17)10-13-6-9-20-16(13)14/h10-11,18H,3-9,12H2,1-2H3. The zero-order valence-electron chi connectivity index (χ0n) is 12.5. The maximum Gasteiger partial charge on any atom is 0.127 e. The third kappa shape index (κ3) is 4.21. The monoisotopic (exact) mass is 340 g/mol. The van der Waals surface area contributed by atoms with Crippen molar-refractivity contribution in [2.24, 2.45) is 0 Å². The van der Waals surface area contributed by atoms with E-state index in [0.717, 1.165) is 49.4 Å². The van der Waals surface area contributed by atoms with Crippen LogP contribution in [0.5, 0.6) is 5.75 Å². The zero-order valence-corrected chi connectivity index (χ0v) is 14.1. The maximum absolute atomic E-state index is 5.75. The van der Waals surface area contributed by atoms with Gasteiger partial charge in [0.25, 0.3) is 0 Å². The lowest BCUT2D eigenvalue weighted by Crippen LogP contribution is -2.27. The lowest BCUT2D eigenvalue weighted by Gasteiger charge is -2.18. The van der Waals surface area contributed by atoms with Crippen molar-refractivity contribution in [1.29, 1.82) is 0 Å². The van der Waals surface area contributed by atoms with Crippen molar-refractivity contribution in [3.05, 3.63) is 27.7 Å². The van der Waals surface area contributed by atoms with Gasteiger partial charge in [-0.25, -0.2) is 0 Å². The first-order valence-corrected chi connectivity index (χ1v) is 8.41. The number of hydrogen-bond acceptors (Lipinski definition) is 3. The Morgan fingerprint density at radius 3 is 2.85 bits per heavy atom. The van der Waals surface area contributed by atoms with E-state index in [-0.39, 0.29) is 0 Å². The van der Waals surface area contributed by atoms with Gasteiger partial charge in [0.05, 0.1) is 6.61 Å². The third-order valence-corrected chi connectivity index (χ3v) is 4.32. The minimum Gasteiger partial charge on any atom is -0.493 e. The summed E-state index contributed by atoms with van der Waals surface area (Å²) in [5.41, 5.74) is 2.61. The Kier molecular flexibility index (Phi) is 6.33. The van der Waals surface area contributed by atoms with Crippen LogP contribution in [0.25, 0.3) is 0 Å². The molecule has 3 nitrogen and oxygen atoms in total. The number of halogens is 1. The van der Waals surface area contributed by atoms with Gasteiger partial charge in [0.2, 0.25) is 0 Å². The lowest BCUT2D eigenvalue weighted by molar-refractivity contribution is 0.297. The molecule has 1 heterocycles. The van der Waals surface area contributed by atoms with Crippen molar-refractivity contribution in [3.63, 3.8) is 0 Å². The molecule has 0 bridgehead atoms. The third-order valence-electron chi connectivity index (χ3n) is 3.86. The molecular weight excluding hydrogens is 316 g/mol. The molecular formula is C16H25BrN2O. The van der Waals surface area contributed by atoms with Crippen LogP contribution in [0.3, 0.4) is 0 Å². The van der Waals surface area contributed by atoms with Gasteiger partial charge in [0.15, 0.2) is 0 Å². The first-order chi connectivity index (χ1) is 9.74. The van der Waals surface area contributed by atoms with E-state index in [4.69, 9.17) is 4.74 Å². The van der Waals surface area contributed by atoms with Gasteiger partial charge >= 0.3 is 0 Å².